The number of rotatable bonds is 2. The fraction of sp³-hybridized carbons (Fsp3) is 0.364. The molecule has 1 aliphatic heterocycles. The van der Waals surface area contributed by atoms with E-state index in [-0.39, 0.29) is 6.04 Å². The Kier molecular flexibility index (Phi) is 2.93. The van der Waals surface area contributed by atoms with Crippen molar-refractivity contribution in [3.05, 3.63) is 29.8 Å². The number of nitrogens with zero attached hydrogens (tertiary/aromatic N) is 1. The number of benzene rings is 1. The van der Waals surface area contributed by atoms with E-state index in [9.17, 15) is 4.79 Å². The Balaban J connectivity index is 2.13. The summed E-state index contributed by atoms with van der Waals surface area (Å²) >= 11 is 5.37. The van der Waals surface area contributed by atoms with Gasteiger partial charge in [-0.25, -0.2) is 0 Å². The van der Waals surface area contributed by atoms with Gasteiger partial charge in [0, 0.05) is 30.4 Å². The Morgan fingerprint density at radius 3 is 2.53 bits per heavy atom. The van der Waals surface area contributed by atoms with E-state index in [1.165, 1.54) is 0 Å². The van der Waals surface area contributed by atoms with E-state index in [0.717, 1.165) is 25.2 Å². The molecule has 2 N–H and O–H groups in total. The SMILES string of the molecule is NC1CCN(c2ccc(C(=O)Cl)cc2)C1. The molecule has 1 unspecified atom stereocenters. The summed E-state index contributed by atoms with van der Waals surface area (Å²) in [6, 6.07) is 7.57. The molecule has 3 nitrogen and oxygen atoms in total. The fourth-order valence-corrected chi connectivity index (χ4v) is 1.95. The second kappa shape index (κ2) is 4.21. The first-order valence-corrected chi connectivity index (χ1v) is 5.35. The van der Waals surface area contributed by atoms with Crippen molar-refractivity contribution in [2.45, 2.75) is 12.5 Å². The number of hydrogen-bond acceptors (Lipinski definition) is 3. The number of carbonyl (C=O) groups is 1. The van der Waals surface area contributed by atoms with Gasteiger partial charge in [-0.15, -0.1) is 0 Å². The number of halogens is 1. The van der Waals surface area contributed by atoms with Gasteiger partial charge in [0.05, 0.1) is 0 Å². The highest BCUT2D eigenvalue weighted by molar-refractivity contribution is 6.67. The van der Waals surface area contributed by atoms with Gasteiger partial charge in [0.25, 0.3) is 5.24 Å². The van der Waals surface area contributed by atoms with E-state index >= 15 is 0 Å². The fourth-order valence-electron chi connectivity index (χ4n) is 1.83. The molecular formula is C11H13ClN2O. The summed E-state index contributed by atoms with van der Waals surface area (Å²) in [5.41, 5.74) is 7.46. The Labute approximate surface area is 93.8 Å². The molecule has 1 saturated heterocycles. The highest BCUT2D eigenvalue weighted by Gasteiger charge is 2.19. The monoisotopic (exact) mass is 224 g/mol. The van der Waals surface area contributed by atoms with Crippen LogP contribution < -0.4 is 10.6 Å². The first-order valence-electron chi connectivity index (χ1n) is 4.97. The normalized spacial score (nSPS) is 20.7. The second-order valence-corrected chi connectivity index (χ2v) is 4.16. The summed E-state index contributed by atoms with van der Waals surface area (Å²) in [5.74, 6) is 0. The van der Waals surface area contributed by atoms with Crippen molar-refractivity contribution in [1.29, 1.82) is 0 Å². The molecule has 15 heavy (non-hydrogen) atoms. The highest BCUT2D eigenvalue weighted by atomic mass is 35.5. The predicted octanol–water partition coefficient (Wildman–Crippen LogP) is 1.60. The largest absolute Gasteiger partial charge is 0.370 e. The first-order chi connectivity index (χ1) is 7.16. The minimum absolute atomic E-state index is 0.263. The van der Waals surface area contributed by atoms with Crippen molar-refractivity contribution < 1.29 is 4.79 Å². The Morgan fingerprint density at radius 1 is 1.40 bits per heavy atom. The maximum absolute atomic E-state index is 10.9. The van der Waals surface area contributed by atoms with Gasteiger partial charge in [0.15, 0.2) is 0 Å². The summed E-state index contributed by atoms with van der Waals surface area (Å²) in [4.78, 5) is 13.1. The Hall–Kier alpha value is -1.06. The van der Waals surface area contributed by atoms with Crippen LogP contribution in [0.2, 0.25) is 0 Å². The van der Waals surface area contributed by atoms with Crippen LogP contribution in [0.25, 0.3) is 0 Å². The van der Waals surface area contributed by atoms with Crippen LogP contribution in [0.5, 0.6) is 0 Å². The standard InChI is InChI=1S/C11H13ClN2O/c12-11(15)8-1-3-10(4-2-8)14-6-5-9(13)7-14/h1-4,9H,5-7,13H2. The summed E-state index contributed by atoms with van der Waals surface area (Å²) < 4.78 is 0. The molecule has 0 radical (unpaired) electrons. The van der Waals surface area contributed by atoms with Crippen LogP contribution in [0.15, 0.2) is 24.3 Å². The lowest BCUT2D eigenvalue weighted by Gasteiger charge is -2.17. The van der Waals surface area contributed by atoms with Crippen LogP contribution in [-0.4, -0.2) is 24.4 Å². The third-order valence-electron chi connectivity index (χ3n) is 2.68. The number of carbonyl (C=O) groups excluding carboxylic acids is 1. The summed E-state index contributed by atoms with van der Waals surface area (Å²) in [6.45, 7) is 1.86. The molecule has 1 heterocycles. The average Bonchev–Trinajstić information content (AvgIpc) is 2.65. The van der Waals surface area contributed by atoms with Crippen molar-refractivity contribution in [2.75, 3.05) is 18.0 Å². The molecule has 0 amide bonds. The zero-order valence-electron chi connectivity index (χ0n) is 8.32. The maximum atomic E-state index is 10.9. The van der Waals surface area contributed by atoms with Gasteiger partial charge < -0.3 is 10.6 Å². The van der Waals surface area contributed by atoms with Crippen LogP contribution in [0.1, 0.15) is 16.8 Å². The molecule has 0 aliphatic carbocycles. The zero-order valence-corrected chi connectivity index (χ0v) is 9.07. The molecule has 1 aliphatic rings. The minimum atomic E-state index is -0.417. The molecule has 0 saturated carbocycles. The van der Waals surface area contributed by atoms with Crippen molar-refractivity contribution in [3.63, 3.8) is 0 Å². The summed E-state index contributed by atoms with van der Waals surface area (Å²) in [5, 5.41) is -0.417. The number of nitrogens with two attached hydrogens (primary N) is 1. The van der Waals surface area contributed by atoms with Crippen molar-refractivity contribution in [3.8, 4) is 0 Å². The molecule has 0 bridgehead atoms. The lowest BCUT2D eigenvalue weighted by molar-refractivity contribution is 0.108. The van der Waals surface area contributed by atoms with Crippen molar-refractivity contribution in [1.82, 2.24) is 0 Å². The van der Waals surface area contributed by atoms with Crippen molar-refractivity contribution in [2.24, 2.45) is 5.73 Å². The van der Waals surface area contributed by atoms with E-state index in [1.807, 2.05) is 12.1 Å². The van der Waals surface area contributed by atoms with Gasteiger partial charge in [0.2, 0.25) is 0 Å². The van der Waals surface area contributed by atoms with Gasteiger partial charge in [0.1, 0.15) is 0 Å². The minimum Gasteiger partial charge on any atom is -0.370 e. The first kappa shape index (κ1) is 10.5. The molecule has 1 fully saturated rings. The lowest BCUT2D eigenvalue weighted by atomic mass is 10.2. The van der Waals surface area contributed by atoms with E-state index < -0.39 is 5.24 Å². The molecule has 1 atom stereocenters. The molecule has 1 aromatic carbocycles. The zero-order chi connectivity index (χ0) is 10.8. The third kappa shape index (κ3) is 2.30. The highest BCUT2D eigenvalue weighted by Crippen LogP contribution is 2.20. The molecule has 0 aromatic heterocycles. The van der Waals surface area contributed by atoms with Crippen LogP contribution in [0.3, 0.4) is 0 Å². The quantitative estimate of drug-likeness (QED) is 0.777. The van der Waals surface area contributed by atoms with Gasteiger partial charge >= 0.3 is 0 Å². The van der Waals surface area contributed by atoms with Crippen LogP contribution in [0, 0.1) is 0 Å². The van der Waals surface area contributed by atoms with Gasteiger partial charge in [-0.3, -0.25) is 4.79 Å². The Bertz CT molecular complexity index is 363. The molecular weight excluding hydrogens is 212 g/mol. The Morgan fingerprint density at radius 2 is 2.07 bits per heavy atom. The van der Waals surface area contributed by atoms with Gasteiger partial charge in [-0.05, 0) is 42.3 Å². The number of hydrogen-bond donors (Lipinski definition) is 1. The van der Waals surface area contributed by atoms with E-state index in [0.29, 0.717) is 5.56 Å². The third-order valence-corrected chi connectivity index (χ3v) is 2.90. The maximum Gasteiger partial charge on any atom is 0.252 e. The molecule has 4 heteroatoms. The molecule has 80 valence electrons. The summed E-state index contributed by atoms with van der Waals surface area (Å²) in [7, 11) is 0. The second-order valence-electron chi connectivity index (χ2n) is 3.82. The molecule has 1 aromatic rings. The van der Waals surface area contributed by atoms with Crippen LogP contribution >= 0.6 is 11.6 Å². The lowest BCUT2D eigenvalue weighted by Crippen LogP contribution is -2.26. The smallest absolute Gasteiger partial charge is 0.252 e. The summed E-state index contributed by atoms with van der Waals surface area (Å²) in [6.07, 6.45) is 1.02. The average molecular weight is 225 g/mol. The molecule has 2 rings (SSSR count). The van der Waals surface area contributed by atoms with E-state index in [1.54, 1.807) is 12.1 Å². The van der Waals surface area contributed by atoms with Crippen LogP contribution in [-0.2, 0) is 0 Å². The molecule has 0 spiro atoms. The topological polar surface area (TPSA) is 46.3 Å². The van der Waals surface area contributed by atoms with Crippen LogP contribution in [0.4, 0.5) is 5.69 Å². The van der Waals surface area contributed by atoms with Gasteiger partial charge in [-0.1, -0.05) is 0 Å². The number of anilines is 1. The van der Waals surface area contributed by atoms with E-state index in [4.69, 9.17) is 17.3 Å². The van der Waals surface area contributed by atoms with Crippen molar-refractivity contribution >= 4 is 22.5 Å². The van der Waals surface area contributed by atoms with E-state index in [2.05, 4.69) is 4.90 Å². The predicted molar refractivity (Wildman–Crippen MR) is 61.4 cm³/mol. The van der Waals surface area contributed by atoms with Gasteiger partial charge in [-0.2, -0.15) is 0 Å².